The fourth-order valence-corrected chi connectivity index (χ4v) is 11.0. The van der Waals surface area contributed by atoms with Gasteiger partial charge >= 0.3 is 0 Å². The van der Waals surface area contributed by atoms with Crippen molar-refractivity contribution in [2.45, 2.75) is 169 Å². The molecule has 0 bridgehead atoms. The van der Waals surface area contributed by atoms with Crippen LogP contribution in [-0.2, 0) is 9.47 Å². The van der Waals surface area contributed by atoms with Gasteiger partial charge in [0.1, 0.15) is 5.60 Å². The van der Waals surface area contributed by atoms with Crippen molar-refractivity contribution in [3.8, 4) is 0 Å². The van der Waals surface area contributed by atoms with E-state index in [1.807, 2.05) is 0 Å². The number of ether oxygens (including phenoxy) is 2. The summed E-state index contributed by atoms with van der Waals surface area (Å²) in [6, 6.07) is 0. The van der Waals surface area contributed by atoms with E-state index in [2.05, 4.69) is 41.5 Å². The highest BCUT2D eigenvalue weighted by molar-refractivity contribution is 5.24. The molecule has 5 rings (SSSR count). The summed E-state index contributed by atoms with van der Waals surface area (Å²) >= 11 is 0. The number of epoxide rings is 1. The zero-order valence-corrected chi connectivity index (χ0v) is 25.7. The molecule has 1 spiro atoms. The van der Waals surface area contributed by atoms with Gasteiger partial charge in [-0.25, -0.2) is 0 Å². The molecule has 1 aliphatic heterocycles. The highest BCUT2D eigenvalue weighted by atomic mass is 16.6. The molecule has 2 heteroatoms. The topological polar surface area (TPSA) is 21.8 Å². The third-order valence-corrected chi connectivity index (χ3v) is 13.1. The molecule has 4 aliphatic carbocycles. The second kappa shape index (κ2) is 11.4. The Bertz CT molecular complexity index is 748. The van der Waals surface area contributed by atoms with Crippen molar-refractivity contribution in [3.63, 3.8) is 0 Å². The summed E-state index contributed by atoms with van der Waals surface area (Å²) in [6.07, 6.45) is 24.5. The molecule has 1 heterocycles. The van der Waals surface area contributed by atoms with Gasteiger partial charge in [-0.15, -0.1) is 0 Å². The van der Waals surface area contributed by atoms with Crippen LogP contribution < -0.4 is 0 Å². The van der Waals surface area contributed by atoms with E-state index in [1.54, 1.807) is 0 Å². The third-order valence-electron chi connectivity index (χ3n) is 13.1. The third kappa shape index (κ3) is 5.23. The molecule has 4 saturated carbocycles. The van der Waals surface area contributed by atoms with Gasteiger partial charge in [-0.1, -0.05) is 92.9 Å². The fourth-order valence-electron chi connectivity index (χ4n) is 11.0. The first kappa shape index (κ1) is 28.4. The lowest BCUT2D eigenvalue weighted by atomic mass is 9.44. The maximum Gasteiger partial charge on any atom is 0.101 e. The highest BCUT2D eigenvalue weighted by Gasteiger charge is 2.76. The Morgan fingerprint density at radius 3 is 2.41 bits per heavy atom. The maximum absolute atomic E-state index is 6.77. The molecule has 10 atom stereocenters. The summed E-state index contributed by atoms with van der Waals surface area (Å²) in [5, 5.41) is 0. The summed E-state index contributed by atoms with van der Waals surface area (Å²) in [7, 11) is 0. The van der Waals surface area contributed by atoms with Crippen LogP contribution in [0.25, 0.3) is 0 Å². The summed E-state index contributed by atoms with van der Waals surface area (Å²) in [5.74, 6) is 5.40. The minimum absolute atomic E-state index is 0.212. The van der Waals surface area contributed by atoms with E-state index in [4.69, 9.17) is 9.47 Å². The molecule has 2 unspecified atom stereocenters. The van der Waals surface area contributed by atoms with Crippen molar-refractivity contribution in [1.29, 1.82) is 0 Å². The molecular weight excluding hydrogens is 452 g/mol. The lowest BCUT2D eigenvalue weighted by molar-refractivity contribution is -0.131. The molecule has 0 amide bonds. The van der Waals surface area contributed by atoms with Gasteiger partial charge in [0.2, 0.25) is 0 Å². The van der Waals surface area contributed by atoms with Crippen LogP contribution in [0.5, 0.6) is 0 Å². The lowest BCUT2D eigenvalue weighted by Gasteiger charge is -2.60. The number of fused-ring (bicyclic) bond motifs is 4. The minimum atomic E-state index is 0.212. The smallest absolute Gasteiger partial charge is 0.101 e. The van der Waals surface area contributed by atoms with E-state index in [-0.39, 0.29) is 5.60 Å². The summed E-state index contributed by atoms with van der Waals surface area (Å²) in [6.45, 7) is 16.1. The Kier molecular flexibility index (Phi) is 8.78. The van der Waals surface area contributed by atoms with E-state index in [0.717, 1.165) is 42.1 Å². The molecule has 0 aromatic rings. The highest BCUT2D eigenvalue weighted by Crippen LogP contribution is 2.74. The maximum atomic E-state index is 6.77. The quantitative estimate of drug-likeness (QED) is 0.180. The van der Waals surface area contributed by atoms with Gasteiger partial charge in [-0.05, 0) is 98.7 Å². The molecule has 0 aromatic heterocycles. The normalized spacial score (nSPS) is 45.2. The van der Waals surface area contributed by atoms with Gasteiger partial charge in [0.15, 0.2) is 0 Å². The second-order valence-corrected chi connectivity index (χ2v) is 15.6. The van der Waals surface area contributed by atoms with Crippen LogP contribution in [0.3, 0.4) is 0 Å². The Hall–Kier alpha value is -0.0800. The van der Waals surface area contributed by atoms with Crippen molar-refractivity contribution in [2.24, 2.45) is 46.3 Å². The van der Waals surface area contributed by atoms with Crippen LogP contribution in [0.4, 0.5) is 0 Å². The minimum Gasteiger partial charge on any atom is -0.378 e. The molecule has 5 aliphatic rings. The van der Waals surface area contributed by atoms with Gasteiger partial charge in [0.05, 0.1) is 12.2 Å². The Labute approximate surface area is 230 Å². The van der Waals surface area contributed by atoms with Crippen molar-refractivity contribution in [3.05, 3.63) is 0 Å². The standard InChI is InChI=1S/C35H62O2/c1-7-8-9-10-11-12-22-36-27-18-21-35-32(37-35)23-28-30-17-16-29(26(4)15-13-14-25(2)3)33(30,5)20-19-31(28)34(35,6)24-27/h25-32H,7-24H2,1-6H3/t26-,27?,28+,29-,30+,31+,32+,33-,34-,35?/m1/s1. The second-order valence-electron chi connectivity index (χ2n) is 15.6. The van der Waals surface area contributed by atoms with E-state index in [1.165, 1.54) is 109 Å². The van der Waals surface area contributed by atoms with Gasteiger partial charge < -0.3 is 9.47 Å². The van der Waals surface area contributed by atoms with Gasteiger partial charge in [0, 0.05) is 12.0 Å². The van der Waals surface area contributed by atoms with Gasteiger partial charge in [-0.2, -0.15) is 0 Å². The molecular formula is C35H62O2. The van der Waals surface area contributed by atoms with Crippen LogP contribution >= 0.6 is 0 Å². The molecule has 37 heavy (non-hydrogen) atoms. The number of unbranched alkanes of at least 4 members (excludes halogenated alkanes) is 5. The van der Waals surface area contributed by atoms with Crippen LogP contribution in [0.15, 0.2) is 0 Å². The van der Waals surface area contributed by atoms with E-state index in [0.29, 0.717) is 23.0 Å². The Morgan fingerprint density at radius 1 is 0.838 bits per heavy atom. The molecule has 2 nitrogen and oxygen atoms in total. The molecule has 0 N–H and O–H groups in total. The van der Waals surface area contributed by atoms with Gasteiger partial charge in [-0.3, -0.25) is 0 Å². The van der Waals surface area contributed by atoms with E-state index < -0.39 is 0 Å². The molecule has 214 valence electrons. The summed E-state index contributed by atoms with van der Waals surface area (Å²) in [5.41, 5.74) is 1.13. The van der Waals surface area contributed by atoms with Crippen molar-refractivity contribution in [1.82, 2.24) is 0 Å². The summed E-state index contributed by atoms with van der Waals surface area (Å²) in [4.78, 5) is 0. The lowest BCUT2D eigenvalue weighted by Crippen LogP contribution is -2.59. The molecule has 5 fully saturated rings. The first-order valence-corrected chi connectivity index (χ1v) is 17.0. The first-order chi connectivity index (χ1) is 17.7. The molecule has 0 radical (unpaired) electrons. The number of hydrogen-bond acceptors (Lipinski definition) is 2. The monoisotopic (exact) mass is 514 g/mol. The fraction of sp³-hybridized carbons (Fsp3) is 1.00. The SMILES string of the molecule is CCCCCCCCOC1CCC23O[C@H]2C[C@H]2[C@@H]4CC[C@H]([C@H](C)CCCC(C)C)[C@@]4(C)CC[C@@H]2[C@@]3(C)C1. The van der Waals surface area contributed by atoms with Crippen molar-refractivity contribution >= 4 is 0 Å². The summed E-state index contributed by atoms with van der Waals surface area (Å²) < 4.78 is 13.4. The largest absolute Gasteiger partial charge is 0.378 e. The van der Waals surface area contributed by atoms with Gasteiger partial charge in [0.25, 0.3) is 0 Å². The van der Waals surface area contributed by atoms with Crippen molar-refractivity contribution in [2.75, 3.05) is 6.61 Å². The van der Waals surface area contributed by atoms with E-state index >= 15 is 0 Å². The zero-order valence-electron chi connectivity index (χ0n) is 25.7. The Balaban J connectivity index is 1.20. The van der Waals surface area contributed by atoms with Crippen molar-refractivity contribution < 1.29 is 9.47 Å². The average molecular weight is 515 g/mol. The molecule has 0 aromatic carbocycles. The first-order valence-electron chi connectivity index (χ1n) is 17.0. The molecule has 1 saturated heterocycles. The Morgan fingerprint density at radius 2 is 1.62 bits per heavy atom. The zero-order chi connectivity index (χ0) is 26.3. The predicted molar refractivity (Wildman–Crippen MR) is 156 cm³/mol. The number of hydrogen-bond donors (Lipinski definition) is 0. The van der Waals surface area contributed by atoms with E-state index in [9.17, 15) is 0 Å². The van der Waals surface area contributed by atoms with Crippen LogP contribution in [0, 0.1) is 46.3 Å². The van der Waals surface area contributed by atoms with Crippen LogP contribution in [-0.4, -0.2) is 24.4 Å². The van der Waals surface area contributed by atoms with Crippen LogP contribution in [0.1, 0.15) is 151 Å². The van der Waals surface area contributed by atoms with Crippen LogP contribution in [0.2, 0.25) is 0 Å². The predicted octanol–water partition coefficient (Wildman–Crippen LogP) is 9.98. The average Bonchev–Trinajstić information content (AvgIpc) is 3.45. The number of rotatable bonds is 13.